The van der Waals surface area contributed by atoms with Gasteiger partial charge in [-0.3, -0.25) is 4.90 Å². The summed E-state index contributed by atoms with van der Waals surface area (Å²) < 4.78 is 13.0. The highest BCUT2D eigenvalue weighted by molar-refractivity contribution is 5.50. The van der Waals surface area contributed by atoms with Gasteiger partial charge in [-0.15, -0.1) is 0 Å². The van der Waals surface area contributed by atoms with Crippen LogP contribution in [0.15, 0.2) is 48.8 Å². The number of aromatic nitrogens is 2. The van der Waals surface area contributed by atoms with Gasteiger partial charge in [-0.25, -0.2) is 4.98 Å². The van der Waals surface area contributed by atoms with Crippen LogP contribution in [0.4, 0.5) is 5.82 Å². The number of pyridine rings is 1. The zero-order chi connectivity index (χ0) is 17.5. The molecule has 5 rings (SSSR count). The fourth-order valence-corrected chi connectivity index (χ4v) is 3.80. The fourth-order valence-electron chi connectivity index (χ4n) is 3.80. The third-order valence-electron chi connectivity index (χ3n) is 5.42. The lowest BCUT2D eigenvalue weighted by Crippen LogP contribution is -2.47. The van der Waals surface area contributed by atoms with E-state index in [1.807, 2.05) is 30.5 Å². The molecule has 1 unspecified atom stereocenters. The topological polar surface area (TPSA) is 42.2 Å². The summed E-state index contributed by atoms with van der Waals surface area (Å²) in [6, 6.07) is 12.7. The number of rotatable bonds is 3. The lowest BCUT2D eigenvalue weighted by molar-refractivity contribution is 0.173. The van der Waals surface area contributed by atoms with Crippen molar-refractivity contribution in [2.45, 2.75) is 13.0 Å². The Morgan fingerprint density at radius 1 is 1.00 bits per heavy atom. The lowest BCUT2D eigenvalue weighted by Gasteiger charge is -2.38. The number of hydrogen-bond acceptors (Lipinski definition) is 5. The number of anilines is 1. The number of benzene rings is 1. The number of hydrogen-bond donors (Lipinski definition) is 0. The molecule has 6 heteroatoms. The Morgan fingerprint density at radius 3 is 2.69 bits per heavy atom. The van der Waals surface area contributed by atoms with E-state index in [1.54, 1.807) is 0 Å². The first-order valence-corrected chi connectivity index (χ1v) is 9.10. The Morgan fingerprint density at radius 2 is 1.85 bits per heavy atom. The quantitative estimate of drug-likeness (QED) is 0.727. The summed E-state index contributed by atoms with van der Waals surface area (Å²) in [4.78, 5) is 9.63. The molecule has 1 saturated heterocycles. The van der Waals surface area contributed by atoms with Crippen molar-refractivity contribution < 1.29 is 9.47 Å². The van der Waals surface area contributed by atoms with Crippen molar-refractivity contribution in [3.63, 3.8) is 0 Å². The third-order valence-corrected chi connectivity index (χ3v) is 5.42. The minimum atomic E-state index is 0.324. The van der Waals surface area contributed by atoms with Crippen LogP contribution in [-0.2, 0) is 0 Å². The number of imidazole rings is 1. The van der Waals surface area contributed by atoms with Crippen molar-refractivity contribution in [2.75, 3.05) is 37.9 Å². The molecule has 4 heterocycles. The van der Waals surface area contributed by atoms with Gasteiger partial charge in [0.25, 0.3) is 0 Å². The molecule has 1 fully saturated rings. The first-order chi connectivity index (χ1) is 12.8. The molecule has 1 aromatic carbocycles. The highest BCUT2D eigenvalue weighted by Crippen LogP contribution is 2.35. The Balaban J connectivity index is 1.27. The molecule has 0 radical (unpaired) electrons. The zero-order valence-electron chi connectivity index (χ0n) is 14.8. The maximum Gasteiger partial charge on any atom is 0.231 e. The fraction of sp³-hybridized carbons (Fsp3) is 0.350. The van der Waals surface area contributed by atoms with Crippen molar-refractivity contribution in [1.29, 1.82) is 0 Å². The molecule has 0 amide bonds. The van der Waals surface area contributed by atoms with Gasteiger partial charge in [0.1, 0.15) is 11.5 Å². The van der Waals surface area contributed by atoms with E-state index < -0.39 is 0 Å². The highest BCUT2D eigenvalue weighted by Gasteiger charge is 2.25. The molecule has 2 aliphatic heterocycles. The predicted molar refractivity (Wildman–Crippen MR) is 100.0 cm³/mol. The van der Waals surface area contributed by atoms with E-state index in [1.165, 1.54) is 5.56 Å². The van der Waals surface area contributed by atoms with Gasteiger partial charge < -0.3 is 18.8 Å². The summed E-state index contributed by atoms with van der Waals surface area (Å²) in [6.07, 6.45) is 4.16. The Hall–Kier alpha value is -2.73. The molecule has 0 spiro atoms. The molecule has 0 bridgehead atoms. The monoisotopic (exact) mass is 350 g/mol. The van der Waals surface area contributed by atoms with Gasteiger partial charge in [0.15, 0.2) is 11.5 Å². The molecule has 2 aliphatic rings. The SMILES string of the molecule is CC(c1ccc2c(c1)OCO2)N1CCN(c2cn3ccccc3n2)CC1. The molecular weight excluding hydrogens is 328 g/mol. The molecule has 2 aromatic heterocycles. The second-order valence-corrected chi connectivity index (χ2v) is 6.88. The van der Waals surface area contributed by atoms with Gasteiger partial charge in [-0.1, -0.05) is 12.1 Å². The van der Waals surface area contributed by atoms with Crippen molar-refractivity contribution in [3.8, 4) is 11.5 Å². The van der Waals surface area contributed by atoms with E-state index in [4.69, 9.17) is 14.5 Å². The van der Waals surface area contributed by atoms with Crippen LogP contribution in [0.2, 0.25) is 0 Å². The third kappa shape index (κ3) is 2.66. The van der Waals surface area contributed by atoms with E-state index in [0.29, 0.717) is 12.8 Å². The second kappa shape index (κ2) is 6.21. The van der Waals surface area contributed by atoms with E-state index >= 15 is 0 Å². The number of ether oxygens (including phenoxy) is 2. The normalized spacial score (nSPS) is 18.4. The Bertz CT molecular complexity index is 897. The Kier molecular flexibility index (Phi) is 3.71. The summed E-state index contributed by atoms with van der Waals surface area (Å²) in [7, 11) is 0. The molecule has 0 saturated carbocycles. The van der Waals surface area contributed by atoms with Crippen LogP contribution in [-0.4, -0.2) is 47.3 Å². The molecular formula is C20H22N4O2. The summed E-state index contributed by atoms with van der Waals surface area (Å²) in [5.74, 6) is 2.77. The molecule has 3 aromatic rings. The number of fused-ring (bicyclic) bond motifs is 2. The average molecular weight is 350 g/mol. The van der Waals surface area contributed by atoms with Crippen LogP contribution in [0.1, 0.15) is 18.5 Å². The molecule has 26 heavy (non-hydrogen) atoms. The summed E-state index contributed by atoms with van der Waals surface area (Å²) in [6.45, 7) is 6.59. The lowest BCUT2D eigenvalue weighted by atomic mass is 10.1. The number of nitrogens with zero attached hydrogens (tertiary/aromatic N) is 4. The molecule has 6 nitrogen and oxygen atoms in total. The maximum absolute atomic E-state index is 5.52. The largest absolute Gasteiger partial charge is 0.454 e. The zero-order valence-corrected chi connectivity index (χ0v) is 14.8. The summed E-state index contributed by atoms with van der Waals surface area (Å²) in [5, 5.41) is 0. The van der Waals surface area contributed by atoms with Gasteiger partial charge in [-0.2, -0.15) is 0 Å². The molecule has 1 atom stereocenters. The standard InChI is InChI=1S/C20H22N4O2/c1-15(16-5-6-17-18(12-16)26-14-25-17)22-8-10-23(11-9-22)20-13-24-7-3-2-4-19(24)21-20/h2-7,12-13,15H,8-11,14H2,1H3. The highest BCUT2D eigenvalue weighted by atomic mass is 16.7. The van der Waals surface area contributed by atoms with E-state index in [-0.39, 0.29) is 0 Å². The predicted octanol–water partition coefficient (Wildman–Crippen LogP) is 2.95. The van der Waals surface area contributed by atoms with Crippen LogP contribution >= 0.6 is 0 Å². The van der Waals surface area contributed by atoms with Crippen LogP contribution in [0, 0.1) is 0 Å². The van der Waals surface area contributed by atoms with Crippen molar-refractivity contribution in [1.82, 2.24) is 14.3 Å². The van der Waals surface area contributed by atoms with Gasteiger partial charge in [0.05, 0.1) is 6.20 Å². The van der Waals surface area contributed by atoms with Crippen LogP contribution < -0.4 is 14.4 Å². The van der Waals surface area contributed by atoms with E-state index in [0.717, 1.165) is 49.1 Å². The first kappa shape index (κ1) is 15.5. The smallest absolute Gasteiger partial charge is 0.231 e. The first-order valence-electron chi connectivity index (χ1n) is 9.10. The Labute approximate surface area is 152 Å². The summed E-state index contributed by atoms with van der Waals surface area (Å²) >= 11 is 0. The van der Waals surface area contributed by atoms with Gasteiger partial charge in [0.2, 0.25) is 6.79 Å². The second-order valence-electron chi connectivity index (χ2n) is 6.88. The minimum absolute atomic E-state index is 0.324. The van der Waals surface area contributed by atoms with E-state index in [2.05, 4.69) is 39.5 Å². The van der Waals surface area contributed by atoms with Crippen LogP contribution in [0.5, 0.6) is 11.5 Å². The van der Waals surface area contributed by atoms with Crippen molar-refractivity contribution in [3.05, 3.63) is 54.4 Å². The van der Waals surface area contributed by atoms with Crippen molar-refractivity contribution in [2.24, 2.45) is 0 Å². The van der Waals surface area contributed by atoms with Gasteiger partial charge in [-0.05, 0) is 36.8 Å². The molecule has 134 valence electrons. The minimum Gasteiger partial charge on any atom is -0.454 e. The van der Waals surface area contributed by atoms with E-state index in [9.17, 15) is 0 Å². The molecule has 0 N–H and O–H groups in total. The number of piperazine rings is 1. The summed E-state index contributed by atoms with van der Waals surface area (Å²) in [5.41, 5.74) is 2.27. The van der Waals surface area contributed by atoms with Crippen LogP contribution in [0.3, 0.4) is 0 Å². The van der Waals surface area contributed by atoms with Gasteiger partial charge in [0, 0.05) is 38.4 Å². The van der Waals surface area contributed by atoms with Crippen molar-refractivity contribution >= 4 is 11.5 Å². The average Bonchev–Trinajstić information content (AvgIpc) is 3.33. The molecule has 0 aliphatic carbocycles. The maximum atomic E-state index is 5.52. The van der Waals surface area contributed by atoms with Gasteiger partial charge >= 0.3 is 0 Å². The van der Waals surface area contributed by atoms with Crippen LogP contribution in [0.25, 0.3) is 5.65 Å².